The number of carbonyl (C=O) groups is 1. The van der Waals surface area contributed by atoms with E-state index in [0.29, 0.717) is 22.9 Å². The van der Waals surface area contributed by atoms with Crippen LogP contribution in [0.15, 0.2) is 30.5 Å². The Balaban J connectivity index is 1.62. The summed E-state index contributed by atoms with van der Waals surface area (Å²) in [4.78, 5) is 17.5. The van der Waals surface area contributed by atoms with Crippen LogP contribution in [0.1, 0.15) is 5.56 Å². The highest BCUT2D eigenvalue weighted by molar-refractivity contribution is 5.90. The molecule has 1 fully saturated rings. The number of benzene rings is 1. The Labute approximate surface area is 170 Å². The average Bonchev–Trinajstić information content (AvgIpc) is 2.68. The summed E-state index contributed by atoms with van der Waals surface area (Å²) in [6.45, 7) is 0.230. The van der Waals surface area contributed by atoms with E-state index >= 15 is 0 Å². The number of anilines is 1. The van der Waals surface area contributed by atoms with Crippen molar-refractivity contribution in [3.63, 3.8) is 0 Å². The zero-order valence-corrected chi connectivity index (χ0v) is 16.4. The second-order valence-corrected chi connectivity index (χ2v) is 6.34. The highest BCUT2D eigenvalue weighted by Crippen LogP contribution is 2.40. The molecule has 1 aromatic carbocycles. The van der Waals surface area contributed by atoms with Crippen LogP contribution in [-0.4, -0.2) is 56.4 Å². The van der Waals surface area contributed by atoms with E-state index in [2.05, 4.69) is 10.3 Å². The van der Waals surface area contributed by atoms with Crippen molar-refractivity contribution < 1.29 is 36.9 Å². The van der Waals surface area contributed by atoms with Gasteiger partial charge in [0.05, 0.1) is 40.1 Å². The van der Waals surface area contributed by atoms with Gasteiger partial charge in [0.25, 0.3) is 0 Å². The number of hydrogen-bond acceptors (Lipinski definition) is 6. The van der Waals surface area contributed by atoms with Crippen LogP contribution in [0.5, 0.6) is 23.1 Å². The molecular weight excluding hydrogens is 407 g/mol. The maximum absolute atomic E-state index is 13.0. The molecule has 1 aliphatic heterocycles. The summed E-state index contributed by atoms with van der Waals surface area (Å²) in [5.74, 6) is 0.615. The Morgan fingerprint density at radius 3 is 2.30 bits per heavy atom. The van der Waals surface area contributed by atoms with E-state index in [9.17, 15) is 18.0 Å². The monoisotopic (exact) mass is 427 g/mol. The third kappa shape index (κ3) is 4.44. The second kappa shape index (κ2) is 8.56. The quantitative estimate of drug-likeness (QED) is 0.761. The molecule has 1 aliphatic rings. The number of methoxy groups -OCH3 is 3. The highest BCUT2D eigenvalue weighted by Gasteiger charge is 2.38. The summed E-state index contributed by atoms with van der Waals surface area (Å²) in [6, 6.07) is 4.78. The van der Waals surface area contributed by atoms with Crippen molar-refractivity contribution in [1.82, 2.24) is 9.88 Å². The molecule has 0 saturated carbocycles. The number of rotatable bonds is 6. The van der Waals surface area contributed by atoms with Gasteiger partial charge in [-0.05, 0) is 12.1 Å². The van der Waals surface area contributed by atoms with E-state index < -0.39 is 29.8 Å². The number of ether oxygens (including phenoxy) is 4. The van der Waals surface area contributed by atoms with Crippen molar-refractivity contribution in [2.75, 3.05) is 39.7 Å². The molecule has 0 aliphatic carbocycles. The number of carbonyl (C=O) groups excluding carboxylic acids is 1. The maximum Gasteiger partial charge on any atom is 0.421 e. The third-order valence-corrected chi connectivity index (χ3v) is 4.41. The summed E-state index contributed by atoms with van der Waals surface area (Å²) in [5.41, 5.74) is -0.548. The van der Waals surface area contributed by atoms with E-state index in [0.717, 1.165) is 6.07 Å². The van der Waals surface area contributed by atoms with Crippen molar-refractivity contribution in [1.29, 1.82) is 0 Å². The summed E-state index contributed by atoms with van der Waals surface area (Å²) in [5, 5.41) is 2.68. The minimum atomic E-state index is -4.57. The first-order valence-corrected chi connectivity index (χ1v) is 8.81. The number of pyridine rings is 1. The van der Waals surface area contributed by atoms with Gasteiger partial charge >= 0.3 is 12.2 Å². The normalized spacial score (nSPS) is 14.0. The molecule has 11 heteroatoms. The molecule has 3 rings (SSSR count). The molecule has 0 atom stereocenters. The molecule has 2 heterocycles. The number of hydrogen-bond donors (Lipinski definition) is 1. The minimum Gasteiger partial charge on any atom is -0.493 e. The SMILES string of the molecule is COc1cc(NC(=O)N2CC(Oc3ncccc3C(F)(F)F)C2)cc(OC)c1OC. The van der Waals surface area contributed by atoms with Gasteiger partial charge in [-0.25, -0.2) is 9.78 Å². The van der Waals surface area contributed by atoms with E-state index in [1.807, 2.05) is 0 Å². The first-order valence-electron chi connectivity index (χ1n) is 8.81. The van der Waals surface area contributed by atoms with Crippen LogP contribution in [0.25, 0.3) is 0 Å². The largest absolute Gasteiger partial charge is 0.493 e. The average molecular weight is 427 g/mol. The fourth-order valence-electron chi connectivity index (χ4n) is 2.89. The molecular formula is C19H20F3N3O5. The standard InChI is InChI=1S/C19H20F3N3O5/c1-27-14-7-11(8-15(28-2)16(14)29-3)24-18(26)25-9-12(10-25)30-17-13(19(20,21)22)5-4-6-23-17/h4-8,12H,9-10H2,1-3H3,(H,24,26). The van der Waals surface area contributed by atoms with Gasteiger partial charge in [0.2, 0.25) is 11.6 Å². The number of nitrogens with one attached hydrogen (secondary N) is 1. The van der Waals surface area contributed by atoms with Crippen molar-refractivity contribution in [3.05, 3.63) is 36.0 Å². The smallest absolute Gasteiger partial charge is 0.421 e. The number of amides is 2. The van der Waals surface area contributed by atoms with E-state index in [4.69, 9.17) is 18.9 Å². The summed E-state index contributed by atoms with van der Waals surface area (Å²) >= 11 is 0. The molecule has 162 valence electrons. The van der Waals surface area contributed by atoms with Crippen LogP contribution < -0.4 is 24.3 Å². The number of nitrogens with zero attached hydrogens (tertiary/aromatic N) is 2. The van der Waals surface area contributed by atoms with Gasteiger partial charge in [-0.15, -0.1) is 0 Å². The molecule has 2 amide bonds. The number of aromatic nitrogens is 1. The molecule has 2 aromatic rings. The van der Waals surface area contributed by atoms with Gasteiger partial charge in [0, 0.05) is 18.3 Å². The molecule has 30 heavy (non-hydrogen) atoms. The van der Waals surface area contributed by atoms with Crippen molar-refractivity contribution in [3.8, 4) is 23.1 Å². The van der Waals surface area contributed by atoms with E-state index in [1.165, 1.54) is 38.5 Å². The topological polar surface area (TPSA) is 82.2 Å². The fraction of sp³-hybridized carbons (Fsp3) is 0.368. The van der Waals surface area contributed by atoms with Gasteiger partial charge in [-0.1, -0.05) is 0 Å². The van der Waals surface area contributed by atoms with E-state index in [1.54, 1.807) is 12.1 Å². The minimum absolute atomic E-state index is 0.115. The van der Waals surface area contributed by atoms with Gasteiger partial charge in [0.15, 0.2) is 11.5 Å². The molecule has 0 bridgehead atoms. The molecule has 0 spiro atoms. The lowest BCUT2D eigenvalue weighted by atomic mass is 10.1. The maximum atomic E-state index is 13.0. The van der Waals surface area contributed by atoms with Crippen LogP contribution in [0.2, 0.25) is 0 Å². The Morgan fingerprint density at radius 1 is 1.13 bits per heavy atom. The molecule has 0 radical (unpaired) electrons. The Kier molecular flexibility index (Phi) is 6.09. The molecule has 0 unspecified atom stereocenters. The van der Waals surface area contributed by atoms with Crippen LogP contribution in [0.3, 0.4) is 0 Å². The van der Waals surface area contributed by atoms with Crippen molar-refractivity contribution >= 4 is 11.7 Å². The van der Waals surface area contributed by atoms with Crippen LogP contribution in [-0.2, 0) is 6.18 Å². The molecule has 1 aromatic heterocycles. The second-order valence-electron chi connectivity index (χ2n) is 6.34. The Morgan fingerprint density at radius 2 is 1.77 bits per heavy atom. The summed E-state index contributed by atoms with van der Waals surface area (Å²) in [6.07, 6.45) is -3.94. The number of urea groups is 1. The van der Waals surface area contributed by atoms with Gasteiger partial charge in [-0.3, -0.25) is 0 Å². The van der Waals surface area contributed by atoms with Crippen molar-refractivity contribution in [2.45, 2.75) is 12.3 Å². The van der Waals surface area contributed by atoms with Crippen LogP contribution in [0.4, 0.5) is 23.7 Å². The number of likely N-dealkylation sites (tertiary alicyclic amines) is 1. The fourth-order valence-corrected chi connectivity index (χ4v) is 2.89. The lowest BCUT2D eigenvalue weighted by molar-refractivity contribution is -0.140. The highest BCUT2D eigenvalue weighted by atomic mass is 19.4. The molecule has 1 N–H and O–H groups in total. The lowest BCUT2D eigenvalue weighted by Gasteiger charge is -2.38. The van der Waals surface area contributed by atoms with Gasteiger partial charge in [0.1, 0.15) is 11.7 Å². The van der Waals surface area contributed by atoms with Crippen molar-refractivity contribution in [2.24, 2.45) is 0 Å². The molecule has 1 saturated heterocycles. The lowest BCUT2D eigenvalue weighted by Crippen LogP contribution is -2.57. The predicted molar refractivity (Wildman–Crippen MR) is 100 cm³/mol. The number of alkyl halides is 3. The zero-order chi connectivity index (χ0) is 21.9. The van der Waals surface area contributed by atoms with Gasteiger partial charge in [-0.2, -0.15) is 13.2 Å². The Hall–Kier alpha value is -3.37. The molecule has 8 nitrogen and oxygen atoms in total. The summed E-state index contributed by atoms with van der Waals surface area (Å²) in [7, 11) is 4.37. The summed E-state index contributed by atoms with van der Waals surface area (Å²) < 4.78 is 60.1. The van der Waals surface area contributed by atoms with Crippen LogP contribution >= 0.6 is 0 Å². The third-order valence-electron chi connectivity index (χ3n) is 4.41. The first-order chi connectivity index (χ1) is 14.3. The number of halogens is 3. The zero-order valence-electron chi connectivity index (χ0n) is 16.4. The predicted octanol–water partition coefficient (Wildman–Crippen LogP) is 3.42. The van der Waals surface area contributed by atoms with Crippen LogP contribution in [0, 0.1) is 0 Å². The van der Waals surface area contributed by atoms with E-state index in [-0.39, 0.29) is 13.1 Å². The van der Waals surface area contributed by atoms with Gasteiger partial charge < -0.3 is 29.2 Å². The first kappa shape index (κ1) is 21.3. The Bertz CT molecular complexity index is 892.